The molecular formula is C8H9ClO2. The molecule has 0 heterocycles. The lowest BCUT2D eigenvalue weighted by Crippen LogP contribution is -2.20. The van der Waals surface area contributed by atoms with Crippen LogP contribution in [0.4, 0.5) is 0 Å². The Morgan fingerprint density at radius 1 is 1.36 bits per heavy atom. The normalized spacial score (nSPS) is 63.4. The topological polar surface area (TPSA) is 37.3 Å². The summed E-state index contributed by atoms with van der Waals surface area (Å²) >= 11 is 6.07. The number of rotatable bonds is 1. The second kappa shape index (κ2) is 1.58. The van der Waals surface area contributed by atoms with Gasteiger partial charge in [0.2, 0.25) is 0 Å². The predicted octanol–water partition coefficient (Wildman–Crippen LogP) is 1.19. The van der Waals surface area contributed by atoms with E-state index >= 15 is 0 Å². The third kappa shape index (κ3) is 0.516. The summed E-state index contributed by atoms with van der Waals surface area (Å²) in [5.41, 5.74) is 0. The fourth-order valence-electron chi connectivity index (χ4n) is 3.40. The van der Waals surface area contributed by atoms with Crippen molar-refractivity contribution in [2.45, 2.75) is 11.8 Å². The Hall–Kier alpha value is -0.240. The van der Waals surface area contributed by atoms with Crippen molar-refractivity contribution in [3.63, 3.8) is 0 Å². The summed E-state index contributed by atoms with van der Waals surface area (Å²) < 4.78 is 0. The molecule has 0 aromatic carbocycles. The average molecular weight is 173 g/mol. The molecule has 4 saturated carbocycles. The Labute approximate surface area is 69.5 Å². The van der Waals surface area contributed by atoms with Gasteiger partial charge in [-0.2, -0.15) is 0 Å². The fourth-order valence-corrected chi connectivity index (χ4v) is 4.02. The molecule has 0 saturated heterocycles. The van der Waals surface area contributed by atoms with E-state index in [0.717, 1.165) is 6.42 Å². The second-order valence-corrected chi connectivity index (χ2v) is 4.53. The van der Waals surface area contributed by atoms with Crippen molar-refractivity contribution in [1.82, 2.24) is 0 Å². The van der Waals surface area contributed by atoms with Crippen LogP contribution in [0.3, 0.4) is 0 Å². The highest BCUT2D eigenvalue weighted by Gasteiger charge is 2.74. The number of hydrogen-bond donors (Lipinski definition) is 1. The number of halogens is 1. The van der Waals surface area contributed by atoms with Crippen LogP contribution in [0.1, 0.15) is 6.42 Å². The molecule has 0 spiro atoms. The summed E-state index contributed by atoms with van der Waals surface area (Å²) in [6.45, 7) is 0. The van der Waals surface area contributed by atoms with Crippen LogP contribution in [0, 0.1) is 29.6 Å². The molecule has 60 valence electrons. The molecule has 4 rings (SSSR count). The van der Waals surface area contributed by atoms with Gasteiger partial charge in [-0.25, -0.2) is 0 Å². The lowest BCUT2D eigenvalue weighted by molar-refractivity contribution is -0.143. The molecule has 6 atom stereocenters. The quantitative estimate of drug-likeness (QED) is 0.604. The molecule has 2 nitrogen and oxygen atoms in total. The molecule has 0 aromatic heterocycles. The van der Waals surface area contributed by atoms with Crippen molar-refractivity contribution in [3.05, 3.63) is 0 Å². The van der Waals surface area contributed by atoms with Crippen molar-refractivity contribution in [1.29, 1.82) is 0 Å². The van der Waals surface area contributed by atoms with Crippen LogP contribution >= 0.6 is 11.6 Å². The number of alkyl halides is 1. The van der Waals surface area contributed by atoms with Crippen LogP contribution in [-0.2, 0) is 4.79 Å². The van der Waals surface area contributed by atoms with Crippen LogP contribution in [0.25, 0.3) is 0 Å². The molecule has 0 aliphatic heterocycles. The Balaban J connectivity index is 1.97. The van der Waals surface area contributed by atoms with Crippen molar-refractivity contribution in [2.75, 3.05) is 0 Å². The predicted molar refractivity (Wildman–Crippen MR) is 39.3 cm³/mol. The molecule has 11 heavy (non-hydrogen) atoms. The summed E-state index contributed by atoms with van der Waals surface area (Å²) in [6.07, 6.45) is 1.08. The molecule has 0 amide bonds. The van der Waals surface area contributed by atoms with Crippen molar-refractivity contribution in [3.8, 4) is 0 Å². The minimum atomic E-state index is -0.617. The van der Waals surface area contributed by atoms with Gasteiger partial charge in [-0.15, -0.1) is 11.6 Å². The Morgan fingerprint density at radius 2 is 2.09 bits per heavy atom. The monoisotopic (exact) mass is 172 g/mol. The maximum absolute atomic E-state index is 10.8. The molecule has 4 aliphatic rings. The van der Waals surface area contributed by atoms with Gasteiger partial charge in [0.1, 0.15) is 0 Å². The van der Waals surface area contributed by atoms with Crippen molar-refractivity contribution in [2.24, 2.45) is 29.6 Å². The van der Waals surface area contributed by atoms with E-state index in [-0.39, 0.29) is 11.3 Å². The smallest absolute Gasteiger partial charge is 0.307 e. The van der Waals surface area contributed by atoms with Gasteiger partial charge >= 0.3 is 5.97 Å². The summed E-state index contributed by atoms with van der Waals surface area (Å²) in [5, 5.41) is 9.05. The van der Waals surface area contributed by atoms with Gasteiger partial charge in [0, 0.05) is 5.38 Å². The van der Waals surface area contributed by atoms with Crippen molar-refractivity contribution < 1.29 is 9.90 Å². The maximum atomic E-state index is 10.8. The van der Waals surface area contributed by atoms with E-state index in [9.17, 15) is 4.79 Å². The zero-order chi connectivity index (χ0) is 7.75. The summed E-state index contributed by atoms with van der Waals surface area (Å²) in [6, 6.07) is 0. The van der Waals surface area contributed by atoms with Gasteiger partial charge in [-0.05, 0) is 30.1 Å². The second-order valence-electron chi connectivity index (χ2n) is 4.03. The standard InChI is InChI=1S/C8H9ClO2/c9-7-3-1-2-4(5(2)7)6(3)8(10)11/h2-7H,1H2,(H,10,11)/t2-,3-,4+,5-,6-,7-/m1/s1. The van der Waals surface area contributed by atoms with E-state index in [1.807, 2.05) is 0 Å². The molecule has 0 radical (unpaired) electrons. The molecule has 0 aromatic rings. The number of carbonyl (C=O) groups is 1. The first-order valence-corrected chi connectivity index (χ1v) is 4.52. The van der Waals surface area contributed by atoms with E-state index in [4.69, 9.17) is 16.7 Å². The zero-order valence-electron chi connectivity index (χ0n) is 5.90. The Kier molecular flexibility index (Phi) is 0.905. The summed E-state index contributed by atoms with van der Waals surface area (Å²) in [4.78, 5) is 10.8. The summed E-state index contributed by atoms with van der Waals surface area (Å²) in [5.74, 6) is 1.31. The number of hydrogen-bond acceptors (Lipinski definition) is 1. The van der Waals surface area contributed by atoms with E-state index in [1.165, 1.54) is 0 Å². The van der Waals surface area contributed by atoms with Gasteiger partial charge in [-0.1, -0.05) is 0 Å². The van der Waals surface area contributed by atoms with Gasteiger partial charge in [-0.3, -0.25) is 4.79 Å². The van der Waals surface area contributed by atoms with E-state index in [2.05, 4.69) is 0 Å². The van der Waals surface area contributed by atoms with Crippen LogP contribution in [0.5, 0.6) is 0 Å². The minimum Gasteiger partial charge on any atom is -0.481 e. The number of carboxylic acid groups (broad SMARTS) is 1. The Bertz CT molecular complexity index is 240. The molecule has 4 bridgehead atoms. The van der Waals surface area contributed by atoms with E-state index < -0.39 is 5.97 Å². The number of aliphatic carboxylic acids is 1. The molecule has 3 heteroatoms. The highest BCUT2D eigenvalue weighted by Crippen LogP contribution is 2.74. The van der Waals surface area contributed by atoms with Crippen LogP contribution < -0.4 is 0 Å². The van der Waals surface area contributed by atoms with Crippen LogP contribution in [0.2, 0.25) is 0 Å². The first-order valence-electron chi connectivity index (χ1n) is 4.08. The van der Waals surface area contributed by atoms with Gasteiger partial charge < -0.3 is 5.11 Å². The third-order valence-electron chi connectivity index (χ3n) is 3.77. The van der Waals surface area contributed by atoms with Gasteiger partial charge in [0.05, 0.1) is 5.92 Å². The lowest BCUT2D eigenvalue weighted by Gasteiger charge is -2.10. The Morgan fingerprint density at radius 3 is 2.27 bits per heavy atom. The first kappa shape index (κ1) is 6.30. The van der Waals surface area contributed by atoms with Gasteiger partial charge in [0.15, 0.2) is 0 Å². The fraction of sp³-hybridized carbons (Fsp3) is 0.875. The number of carboxylic acids is 1. The zero-order valence-corrected chi connectivity index (χ0v) is 6.66. The highest BCUT2D eigenvalue weighted by molar-refractivity contribution is 6.22. The molecule has 4 aliphatic carbocycles. The molecule has 1 N–H and O–H groups in total. The molecule has 0 unspecified atom stereocenters. The van der Waals surface area contributed by atoms with E-state index in [0.29, 0.717) is 23.7 Å². The minimum absolute atomic E-state index is 0.0903. The third-order valence-corrected chi connectivity index (χ3v) is 4.39. The first-order chi connectivity index (χ1) is 5.22. The lowest BCUT2D eigenvalue weighted by atomic mass is 9.99. The molecule has 4 fully saturated rings. The van der Waals surface area contributed by atoms with E-state index in [1.54, 1.807) is 0 Å². The van der Waals surface area contributed by atoms with Gasteiger partial charge in [0.25, 0.3) is 0 Å². The maximum Gasteiger partial charge on any atom is 0.307 e. The SMILES string of the molecule is O=C(O)[C@@H]1[C@H]2C[C@H]3[C@@H]([C@@H]2Cl)[C@H]31. The summed E-state index contributed by atoms with van der Waals surface area (Å²) in [7, 11) is 0. The van der Waals surface area contributed by atoms with Crippen LogP contribution in [0.15, 0.2) is 0 Å². The largest absolute Gasteiger partial charge is 0.481 e. The van der Waals surface area contributed by atoms with Crippen molar-refractivity contribution >= 4 is 17.6 Å². The average Bonchev–Trinajstić information content (AvgIpc) is 2.33. The van der Waals surface area contributed by atoms with Crippen LogP contribution in [-0.4, -0.2) is 16.5 Å². The molecular weight excluding hydrogens is 164 g/mol. The highest BCUT2D eigenvalue weighted by atomic mass is 35.5.